The lowest BCUT2D eigenvalue weighted by Gasteiger charge is -2.29. The number of carbonyl (C=O) groups excluding carboxylic acids is 1. The molecule has 13 heavy (non-hydrogen) atoms. The van der Waals surface area contributed by atoms with Gasteiger partial charge in [0.1, 0.15) is 0 Å². The third kappa shape index (κ3) is 2.88. The van der Waals surface area contributed by atoms with Gasteiger partial charge in [-0.05, 0) is 32.6 Å². The summed E-state index contributed by atoms with van der Waals surface area (Å²) in [6.07, 6.45) is 3.57. The van der Waals surface area contributed by atoms with E-state index < -0.39 is 11.8 Å². The van der Waals surface area contributed by atoms with Crippen LogP contribution in [0.1, 0.15) is 32.6 Å². The second-order valence-corrected chi connectivity index (χ2v) is 3.68. The second-order valence-electron chi connectivity index (χ2n) is 3.68. The molecule has 0 unspecified atom stereocenters. The minimum Gasteiger partial charge on any atom is -0.211 e. The highest BCUT2D eigenvalue weighted by Crippen LogP contribution is 2.36. The van der Waals surface area contributed by atoms with Crippen LogP contribution in [0.15, 0.2) is 4.99 Å². The molecule has 1 aliphatic rings. The van der Waals surface area contributed by atoms with Gasteiger partial charge in [-0.2, -0.15) is 0 Å². The highest BCUT2D eigenvalue weighted by Gasteiger charge is 2.36. The number of aliphatic imine (C=N–C) groups is 1. The maximum atomic E-state index is 12.8. The number of alkyl halides is 2. The molecule has 1 rings (SSSR count). The van der Waals surface area contributed by atoms with E-state index in [-0.39, 0.29) is 6.04 Å². The van der Waals surface area contributed by atoms with Crippen molar-refractivity contribution in [2.75, 3.05) is 0 Å². The maximum Gasteiger partial charge on any atom is 0.248 e. The van der Waals surface area contributed by atoms with Crippen LogP contribution in [-0.2, 0) is 4.79 Å². The van der Waals surface area contributed by atoms with Gasteiger partial charge < -0.3 is 0 Å². The van der Waals surface area contributed by atoms with Crippen LogP contribution in [-0.4, -0.2) is 18.0 Å². The fraction of sp³-hybridized carbons (Fsp3) is 0.889. The molecule has 74 valence electrons. The first-order valence-electron chi connectivity index (χ1n) is 4.49. The highest BCUT2D eigenvalue weighted by atomic mass is 19.3. The topological polar surface area (TPSA) is 29.4 Å². The molecular formula is C9H13F2NO. The van der Waals surface area contributed by atoms with Crippen molar-refractivity contribution in [2.45, 2.75) is 44.6 Å². The largest absolute Gasteiger partial charge is 0.248 e. The van der Waals surface area contributed by atoms with Crippen molar-refractivity contribution in [1.82, 2.24) is 0 Å². The van der Waals surface area contributed by atoms with Gasteiger partial charge in [-0.3, -0.25) is 0 Å². The first kappa shape index (κ1) is 10.3. The van der Waals surface area contributed by atoms with Crippen molar-refractivity contribution >= 4 is 6.08 Å². The minimum absolute atomic E-state index is 0.0731. The summed E-state index contributed by atoms with van der Waals surface area (Å²) >= 11 is 0. The van der Waals surface area contributed by atoms with E-state index in [0.717, 1.165) is 6.92 Å². The molecule has 0 aromatic heterocycles. The molecule has 0 aromatic rings. The smallest absolute Gasteiger partial charge is 0.211 e. The number of rotatable bonds is 2. The normalized spacial score (nSPS) is 29.5. The summed E-state index contributed by atoms with van der Waals surface area (Å²) in [6, 6.07) is -0.0731. The number of isocyanates is 1. The van der Waals surface area contributed by atoms with E-state index in [2.05, 4.69) is 4.99 Å². The van der Waals surface area contributed by atoms with Gasteiger partial charge in [-0.1, -0.05) is 0 Å². The summed E-state index contributed by atoms with van der Waals surface area (Å²) in [5, 5.41) is 0. The average Bonchev–Trinajstić information content (AvgIpc) is 2.04. The zero-order valence-electron chi connectivity index (χ0n) is 7.59. The summed E-state index contributed by atoms with van der Waals surface area (Å²) in [6.45, 7) is 0.959. The molecule has 0 bridgehead atoms. The molecule has 2 nitrogen and oxygen atoms in total. The van der Waals surface area contributed by atoms with E-state index in [9.17, 15) is 13.6 Å². The molecule has 0 N–H and O–H groups in total. The summed E-state index contributed by atoms with van der Waals surface area (Å²) in [7, 11) is 0. The summed E-state index contributed by atoms with van der Waals surface area (Å²) in [5.41, 5.74) is 0. The molecule has 0 saturated heterocycles. The molecule has 0 aromatic carbocycles. The van der Waals surface area contributed by atoms with Crippen LogP contribution in [0.2, 0.25) is 0 Å². The molecule has 0 aliphatic heterocycles. The van der Waals surface area contributed by atoms with Crippen LogP contribution in [0.25, 0.3) is 0 Å². The summed E-state index contributed by atoms with van der Waals surface area (Å²) in [4.78, 5) is 13.5. The average molecular weight is 189 g/mol. The van der Waals surface area contributed by atoms with Crippen molar-refractivity contribution in [1.29, 1.82) is 0 Å². The number of hydrogen-bond donors (Lipinski definition) is 0. The van der Waals surface area contributed by atoms with E-state index in [0.29, 0.717) is 25.7 Å². The van der Waals surface area contributed by atoms with Gasteiger partial charge in [0.2, 0.25) is 12.0 Å². The number of hydrogen-bond acceptors (Lipinski definition) is 2. The molecular weight excluding hydrogens is 176 g/mol. The lowest BCUT2D eigenvalue weighted by atomic mass is 9.83. The molecule has 0 atom stereocenters. The van der Waals surface area contributed by atoms with Gasteiger partial charge in [-0.15, -0.1) is 0 Å². The molecule has 0 heterocycles. The molecule has 4 heteroatoms. The fourth-order valence-corrected chi connectivity index (χ4v) is 1.79. The highest BCUT2D eigenvalue weighted by molar-refractivity contribution is 5.33. The van der Waals surface area contributed by atoms with E-state index >= 15 is 0 Å². The van der Waals surface area contributed by atoms with Gasteiger partial charge in [0.05, 0.1) is 6.04 Å². The predicted octanol–water partition coefficient (Wildman–Crippen LogP) is 2.54. The first-order chi connectivity index (χ1) is 6.04. The van der Waals surface area contributed by atoms with Crippen LogP contribution in [0.5, 0.6) is 0 Å². The monoisotopic (exact) mass is 189 g/mol. The summed E-state index contributed by atoms with van der Waals surface area (Å²) < 4.78 is 25.6. The SMILES string of the molecule is CC(F)(F)C1CCC(N=C=O)CC1. The molecule has 0 amide bonds. The lowest BCUT2D eigenvalue weighted by molar-refractivity contribution is -0.0542. The Morgan fingerprint density at radius 3 is 2.23 bits per heavy atom. The van der Waals surface area contributed by atoms with E-state index in [1.165, 1.54) is 6.08 Å². The van der Waals surface area contributed by atoms with Crippen LogP contribution in [0.4, 0.5) is 8.78 Å². The maximum absolute atomic E-state index is 12.8. The van der Waals surface area contributed by atoms with Crippen molar-refractivity contribution < 1.29 is 13.6 Å². The molecule has 0 spiro atoms. The van der Waals surface area contributed by atoms with Crippen molar-refractivity contribution in [3.63, 3.8) is 0 Å². The Morgan fingerprint density at radius 1 is 1.31 bits per heavy atom. The Morgan fingerprint density at radius 2 is 1.85 bits per heavy atom. The molecule has 1 aliphatic carbocycles. The third-order valence-corrected chi connectivity index (χ3v) is 2.65. The Hall–Kier alpha value is -0.760. The zero-order chi connectivity index (χ0) is 9.90. The number of halogens is 2. The molecule has 1 fully saturated rings. The van der Waals surface area contributed by atoms with Crippen LogP contribution in [0, 0.1) is 5.92 Å². The standard InChI is InChI=1S/C9H13F2NO/c1-9(10,11)7-2-4-8(5-3-7)12-6-13/h7-8H,2-5H2,1H3. The van der Waals surface area contributed by atoms with Gasteiger partial charge >= 0.3 is 0 Å². The van der Waals surface area contributed by atoms with Crippen molar-refractivity contribution in [3.05, 3.63) is 0 Å². The van der Waals surface area contributed by atoms with E-state index in [4.69, 9.17) is 0 Å². The van der Waals surface area contributed by atoms with Gasteiger partial charge in [0, 0.05) is 5.92 Å². The third-order valence-electron chi connectivity index (χ3n) is 2.65. The predicted molar refractivity (Wildman–Crippen MR) is 44.5 cm³/mol. The van der Waals surface area contributed by atoms with Crippen molar-refractivity contribution in [3.8, 4) is 0 Å². The van der Waals surface area contributed by atoms with E-state index in [1.807, 2.05) is 0 Å². The summed E-state index contributed by atoms with van der Waals surface area (Å²) in [5.74, 6) is -3.12. The Kier molecular flexibility index (Phi) is 3.15. The van der Waals surface area contributed by atoms with Crippen LogP contribution < -0.4 is 0 Å². The Balaban J connectivity index is 2.43. The fourth-order valence-electron chi connectivity index (χ4n) is 1.79. The quantitative estimate of drug-likeness (QED) is 0.484. The lowest BCUT2D eigenvalue weighted by Crippen LogP contribution is -2.29. The Labute approximate surface area is 76.0 Å². The van der Waals surface area contributed by atoms with Crippen LogP contribution >= 0.6 is 0 Å². The minimum atomic E-state index is -2.59. The number of nitrogens with zero attached hydrogens (tertiary/aromatic N) is 1. The second kappa shape index (κ2) is 3.97. The van der Waals surface area contributed by atoms with Crippen LogP contribution in [0.3, 0.4) is 0 Å². The van der Waals surface area contributed by atoms with E-state index in [1.54, 1.807) is 0 Å². The van der Waals surface area contributed by atoms with Gasteiger partial charge in [0.15, 0.2) is 0 Å². The van der Waals surface area contributed by atoms with Gasteiger partial charge in [0.25, 0.3) is 0 Å². The first-order valence-corrected chi connectivity index (χ1v) is 4.49. The molecule has 0 radical (unpaired) electrons. The molecule has 1 saturated carbocycles. The van der Waals surface area contributed by atoms with Crippen molar-refractivity contribution in [2.24, 2.45) is 10.9 Å². The zero-order valence-corrected chi connectivity index (χ0v) is 7.59. The van der Waals surface area contributed by atoms with Gasteiger partial charge in [-0.25, -0.2) is 18.6 Å². The Bertz CT molecular complexity index is 210.